The summed E-state index contributed by atoms with van der Waals surface area (Å²) in [6.07, 6.45) is 2.52. The van der Waals surface area contributed by atoms with Crippen molar-refractivity contribution in [3.63, 3.8) is 0 Å². The third kappa shape index (κ3) is 2.64. The normalized spacial score (nSPS) is 14.3. The molecule has 0 atom stereocenters. The summed E-state index contributed by atoms with van der Waals surface area (Å²) in [5, 5.41) is 4.08. The van der Waals surface area contributed by atoms with Gasteiger partial charge in [0.25, 0.3) is 5.91 Å². The van der Waals surface area contributed by atoms with Gasteiger partial charge in [0.2, 0.25) is 0 Å². The molecule has 1 aliphatic rings. The Morgan fingerprint density at radius 1 is 1.04 bits per heavy atom. The van der Waals surface area contributed by atoms with E-state index >= 15 is 0 Å². The van der Waals surface area contributed by atoms with E-state index in [0.29, 0.717) is 5.69 Å². The van der Waals surface area contributed by atoms with Crippen molar-refractivity contribution >= 4 is 28.2 Å². The zero-order valence-corrected chi connectivity index (χ0v) is 13.8. The van der Waals surface area contributed by atoms with E-state index in [4.69, 9.17) is 0 Å². The molecule has 24 heavy (non-hydrogen) atoms. The van der Waals surface area contributed by atoms with Gasteiger partial charge < -0.3 is 15.2 Å². The van der Waals surface area contributed by atoms with E-state index in [1.54, 1.807) is 0 Å². The summed E-state index contributed by atoms with van der Waals surface area (Å²) in [6.45, 7) is 4.23. The lowest BCUT2D eigenvalue weighted by Gasteiger charge is -2.17. The van der Waals surface area contributed by atoms with Gasteiger partial charge in [0.15, 0.2) is 0 Å². The summed E-state index contributed by atoms with van der Waals surface area (Å²) in [5.41, 5.74) is 4.65. The average molecular weight is 319 g/mol. The number of aromatic nitrogens is 1. The first-order valence-corrected chi connectivity index (χ1v) is 8.46. The molecule has 4 rings (SSSR count). The number of nitrogens with zero attached hydrogens (tertiary/aromatic N) is 1. The minimum atomic E-state index is -0.0994. The smallest absolute Gasteiger partial charge is 0.272 e. The van der Waals surface area contributed by atoms with Crippen molar-refractivity contribution in [1.82, 2.24) is 4.98 Å². The molecule has 0 aliphatic carbocycles. The summed E-state index contributed by atoms with van der Waals surface area (Å²) >= 11 is 0. The van der Waals surface area contributed by atoms with Gasteiger partial charge in [-0.2, -0.15) is 0 Å². The molecule has 1 amide bonds. The second kappa shape index (κ2) is 6.04. The maximum absolute atomic E-state index is 12.6. The number of fused-ring (bicyclic) bond motifs is 1. The van der Waals surface area contributed by atoms with E-state index in [0.717, 1.165) is 35.2 Å². The number of hydrogen-bond acceptors (Lipinski definition) is 2. The van der Waals surface area contributed by atoms with Crippen LogP contribution in [0.4, 0.5) is 11.4 Å². The van der Waals surface area contributed by atoms with Crippen LogP contribution in [0.25, 0.3) is 10.9 Å². The predicted octanol–water partition coefficient (Wildman–Crippen LogP) is 4.33. The summed E-state index contributed by atoms with van der Waals surface area (Å²) in [7, 11) is 0. The number of nitrogens with one attached hydrogen (secondary N) is 2. The minimum absolute atomic E-state index is 0.0994. The molecule has 1 aromatic heterocycles. The fourth-order valence-electron chi connectivity index (χ4n) is 3.43. The van der Waals surface area contributed by atoms with E-state index < -0.39 is 0 Å². The Morgan fingerprint density at radius 3 is 2.46 bits per heavy atom. The van der Waals surface area contributed by atoms with Gasteiger partial charge in [0.1, 0.15) is 5.69 Å². The lowest BCUT2D eigenvalue weighted by molar-refractivity contribution is 0.102. The molecule has 1 aliphatic heterocycles. The first-order valence-electron chi connectivity index (χ1n) is 8.46. The van der Waals surface area contributed by atoms with Gasteiger partial charge in [0.05, 0.1) is 0 Å². The molecule has 1 saturated heterocycles. The molecular weight excluding hydrogens is 298 g/mol. The third-order valence-corrected chi connectivity index (χ3v) is 4.79. The molecular formula is C20H21N3O. The van der Waals surface area contributed by atoms with Gasteiger partial charge in [-0.05, 0) is 55.7 Å². The van der Waals surface area contributed by atoms with Crippen molar-refractivity contribution in [3.8, 4) is 0 Å². The maximum Gasteiger partial charge on any atom is 0.272 e. The summed E-state index contributed by atoms with van der Waals surface area (Å²) in [6, 6.07) is 16.1. The number of aromatic amines is 1. The van der Waals surface area contributed by atoms with Crippen LogP contribution in [0.5, 0.6) is 0 Å². The molecule has 2 N–H and O–H groups in total. The number of rotatable bonds is 3. The molecule has 0 radical (unpaired) electrons. The quantitative estimate of drug-likeness (QED) is 0.755. The Labute approximate surface area is 141 Å². The van der Waals surface area contributed by atoms with Gasteiger partial charge in [-0.3, -0.25) is 4.79 Å². The zero-order valence-electron chi connectivity index (χ0n) is 13.8. The summed E-state index contributed by atoms with van der Waals surface area (Å²) < 4.78 is 0. The molecule has 0 unspecified atom stereocenters. The van der Waals surface area contributed by atoms with Crippen LogP contribution in [0.15, 0.2) is 48.5 Å². The van der Waals surface area contributed by atoms with Crippen molar-refractivity contribution in [2.24, 2.45) is 0 Å². The number of aryl methyl sites for hydroxylation is 1. The number of para-hydroxylation sites is 1. The number of hydrogen-bond donors (Lipinski definition) is 2. The zero-order chi connectivity index (χ0) is 16.5. The van der Waals surface area contributed by atoms with E-state index in [1.807, 2.05) is 43.3 Å². The highest BCUT2D eigenvalue weighted by molar-refractivity contribution is 6.07. The average Bonchev–Trinajstić information content (AvgIpc) is 3.24. The van der Waals surface area contributed by atoms with Gasteiger partial charge in [-0.25, -0.2) is 0 Å². The molecule has 0 spiro atoms. The third-order valence-electron chi connectivity index (χ3n) is 4.79. The number of benzene rings is 2. The number of H-pyrrole nitrogens is 1. The van der Waals surface area contributed by atoms with Crippen LogP contribution in [0.3, 0.4) is 0 Å². The highest BCUT2D eigenvalue weighted by atomic mass is 16.1. The molecule has 0 saturated carbocycles. The molecule has 0 bridgehead atoms. The maximum atomic E-state index is 12.6. The fourth-order valence-corrected chi connectivity index (χ4v) is 3.43. The van der Waals surface area contributed by atoms with Crippen LogP contribution in [0, 0.1) is 6.92 Å². The minimum Gasteiger partial charge on any atom is -0.372 e. The second-order valence-electron chi connectivity index (χ2n) is 6.37. The van der Waals surface area contributed by atoms with Crippen molar-refractivity contribution in [3.05, 3.63) is 59.8 Å². The van der Waals surface area contributed by atoms with Crippen molar-refractivity contribution < 1.29 is 4.79 Å². The largest absolute Gasteiger partial charge is 0.372 e. The number of anilines is 2. The lowest BCUT2D eigenvalue weighted by Crippen LogP contribution is -2.17. The van der Waals surface area contributed by atoms with Crippen LogP contribution >= 0.6 is 0 Å². The van der Waals surface area contributed by atoms with Gasteiger partial charge in [-0.15, -0.1) is 0 Å². The molecule has 1 fully saturated rings. The van der Waals surface area contributed by atoms with Crippen LogP contribution < -0.4 is 10.2 Å². The SMILES string of the molecule is Cc1c(C(=O)Nc2ccc(N3CCCC3)cc2)[nH]c2ccccc12. The van der Waals surface area contributed by atoms with Crippen molar-refractivity contribution in [1.29, 1.82) is 0 Å². The fraction of sp³-hybridized carbons (Fsp3) is 0.250. The first-order chi connectivity index (χ1) is 11.7. The lowest BCUT2D eigenvalue weighted by atomic mass is 10.1. The van der Waals surface area contributed by atoms with Gasteiger partial charge in [0, 0.05) is 35.4 Å². The topological polar surface area (TPSA) is 48.1 Å². The van der Waals surface area contributed by atoms with Crippen LogP contribution in [0.2, 0.25) is 0 Å². The molecule has 4 heteroatoms. The monoisotopic (exact) mass is 319 g/mol. The standard InChI is InChI=1S/C20H21N3O/c1-14-17-6-2-3-7-18(17)22-19(14)20(24)21-15-8-10-16(11-9-15)23-12-4-5-13-23/h2-3,6-11,22H,4-5,12-13H2,1H3,(H,21,24). The predicted molar refractivity (Wildman–Crippen MR) is 98.9 cm³/mol. The molecule has 2 aromatic carbocycles. The van der Waals surface area contributed by atoms with E-state index in [2.05, 4.69) is 27.3 Å². The summed E-state index contributed by atoms with van der Waals surface area (Å²) in [5.74, 6) is -0.0994. The Bertz CT molecular complexity index is 874. The number of carbonyl (C=O) groups excluding carboxylic acids is 1. The summed E-state index contributed by atoms with van der Waals surface area (Å²) in [4.78, 5) is 18.2. The number of amides is 1. The van der Waals surface area contributed by atoms with Crippen LogP contribution in [-0.4, -0.2) is 24.0 Å². The van der Waals surface area contributed by atoms with Crippen LogP contribution in [-0.2, 0) is 0 Å². The Balaban J connectivity index is 1.53. The molecule has 2 heterocycles. The van der Waals surface area contributed by atoms with Gasteiger partial charge >= 0.3 is 0 Å². The molecule has 122 valence electrons. The highest BCUT2D eigenvalue weighted by Crippen LogP contribution is 2.24. The van der Waals surface area contributed by atoms with E-state index in [9.17, 15) is 4.79 Å². The number of carbonyl (C=O) groups is 1. The van der Waals surface area contributed by atoms with Crippen LogP contribution in [0.1, 0.15) is 28.9 Å². The Morgan fingerprint density at radius 2 is 1.75 bits per heavy atom. The van der Waals surface area contributed by atoms with Gasteiger partial charge in [-0.1, -0.05) is 18.2 Å². The second-order valence-corrected chi connectivity index (χ2v) is 6.37. The first kappa shape index (κ1) is 14.8. The molecule has 3 aromatic rings. The Kier molecular flexibility index (Phi) is 3.73. The molecule has 4 nitrogen and oxygen atoms in total. The van der Waals surface area contributed by atoms with Crippen molar-refractivity contribution in [2.75, 3.05) is 23.3 Å². The van der Waals surface area contributed by atoms with E-state index in [1.165, 1.54) is 18.5 Å². The van der Waals surface area contributed by atoms with E-state index in [-0.39, 0.29) is 5.91 Å². The van der Waals surface area contributed by atoms with Crippen molar-refractivity contribution in [2.45, 2.75) is 19.8 Å². The highest BCUT2D eigenvalue weighted by Gasteiger charge is 2.15. The Hall–Kier alpha value is -2.75.